The molecule has 1 unspecified atom stereocenters. The van der Waals surface area contributed by atoms with Gasteiger partial charge in [0.15, 0.2) is 0 Å². The normalized spacial score (nSPS) is 21.9. The van der Waals surface area contributed by atoms with E-state index in [1.807, 2.05) is 25.7 Å². The molecule has 1 amide bonds. The molecule has 0 spiro atoms. The molecule has 1 heterocycles. The number of rotatable bonds is 2. The van der Waals surface area contributed by atoms with Crippen molar-refractivity contribution >= 4 is 6.09 Å². The van der Waals surface area contributed by atoms with Crippen LogP contribution in [0.5, 0.6) is 0 Å². The van der Waals surface area contributed by atoms with E-state index in [-0.39, 0.29) is 12.1 Å². The number of ether oxygens (including phenoxy) is 1. The average Bonchev–Trinajstić information content (AvgIpc) is 2.49. The second-order valence-corrected chi connectivity index (χ2v) is 5.05. The summed E-state index contributed by atoms with van der Waals surface area (Å²) in [5, 5.41) is 0. The molecule has 2 N–H and O–H groups in total. The third kappa shape index (κ3) is 3.70. The highest BCUT2D eigenvalue weighted by Crippen LogP contribution is 2.22. The van der Waals surface area contributed by atoms with Crippen LogP contribution in [0.25, 0.3) is 0 Å². The van der Waals surface area contributed by atoms with E-state index in [0.717, 1.165) is 25.8 Å². The third-order valence-corrected chi connectivity index (χ3v) is 2.51. The topological polar surface area (TPSA) is 55.6 Å². The molecule has 0 aromatic rings. The number of hydrogen-bond acceptors (Lipinski definition) is 3. The summed E-state index contributed by atoms with van der Waals surface area (Å²) >= 11 is 0. The highest BCUT2D eigenvalue weighted by molar-refractivity contribution is 5.68. The fourth-order valence-electron chi connectivity index (χ4n) is 1.89. The maximum atomic E-state index is 11.8. The molecule has 1 aliphatic rings. The minimum Gasteiger partial charge on any atom is -0.444 e. The van der Waals surface area contributed by atoms with Gasteiger partial charge in [0, 0.05) is 12.6 Å². The predicted molar refractivity (Wildman–Crippen MR) is 59.6 cm³/mol. The molecule has 0 bridgehead atoms. The van der Waals surface area contributed by atoms with Crippen LogP contribution in [0, 0.1) is 0 Å². The van der Waals surface area contributed by atoms with Crippen LogP contribution in [-0.2, 0) is 4.74 Å². The summed E-state index contributed by atoms with van der Waals surface area (Å²) in [6, 6.07) is 0.282. The molecular formula is C11H22N2O2. The molecule has 1 atom stereocenters. The van der Waals surface area contributed by atoms with Crippen molar-refractivity contribution in [2.75, 3.05) is 13.1 Å². The minimum absolute atomic E-state index is 0.196. The molecule has 4 heteroatoms. The van der Waals surface area contributed by atoms with Crippen LogP contribution >= 0.6 is 0 Å². The van der Waals surface area contributed by atoms with Gasteiger partial charge in [-0.15, -0.1) is 0 Å². The lowest BCUT2D eigenvalue weighted by Gasteiger charge is -2.28. The van der Waals surface area contributed by atoms with Crippen molar-refractivity contribution in [2.45, 2.75) is 51.7 Å². The average molecular weight is 214 g/mol. The first-order chi connectivity index (χ1) is 6.94. The quantitative estimate of drug-likeness (QED) is 0.761. The number of nitrogens with two attached hydrogens (primary N) is 1. The van der Waals surface area contributed by atoms with Gasteiger partial charge in [-0.1, -0.05) is 0 Å². The lowest BCUT2D eigenvalue weighted by Crippen LogP contribution is -2.40. The minimum atomic E-state index is -0.410. The summed E-state index contributed by atoms with van der Waals surface area (Å²) in [5.41, 5.74) is 5.11. The summed E-state index contributed by atoms with van der Waals surface area (Å²) in [4.78, 5) is 13.6. The van der Waals surface area contributed by atoms with E-state index in [1.165, 1.54) is 0 Å². The second kappa shape index (κ2) is 4.84. The zero-order chi connectivity index (χ0) is 11.5. The van der Waals surface area contributed by atoms with Crippen molar-refractivity contribution in [1.82, 2.24) is 4.90 Å². The number of hydrogen-bond donors (Lipinski definition) is 1. The molecule has 1 fully saturated rings. The van der Waals surface area contributed by atoms with Gasteiger partial charge in [0.2, 0.25) is 0 Å². The monoisotopic (exact) mass is 214 g/mol. The molecule has 1 saturated heterocycles. The molecule has 0 aromatic carbocycles. The van der Waals surface area contributed by atoms with Crippen molar-refractivity contribution in [3.05, 3.63) is 0 Å². The van der Waals surface area contributed by atoms with Gasteiger partial charge in [-0.05, 0) is 46.6 Å². The summed E-state index contributed by atoms with van der Waals surface area (Å²) in [6.07, 6.45) is 2.79. The van der Waals surface area contributed by atoms with E-state index in [9.17, 15) is 4.79 Å². The molecule has 0 radical (unpaired) electrons. The van der Waals surface area contributed by atoms with Crippen molar-refractivity contribution in [3.63, 3.8) is 0 Å². The first-order valence-electron chi connectivity index (χ1n) is 5.64. The van der Waals surface area contributed by atoms with Crippen LogP contribution in [0.15, 0.2) is 0 Å². The zero-order valence-electron chi connectivity index (χ0n) is 9.95. The smallest absolute Gasteiger partial charge is 0.410 e. The number of likely N-dealkylation sites (tertiary alicyclic amines) is 1. The molecule has 15 heavy (non-hydrogen) atoms. The van der Waals surface area contributed by atoms with Crippen LogP contribution in [0.2, 0.25) is 0 Å². The lowest BCUT2D eigenvalue weighted by atomic mass is 10.1. The Labute approximate surface area is 91.8 Å². The fourth-order valence-corrected chi connectivity index (χ4v) is 1.89. The van der Waals surface area contributed by atoms with Gasteiger partial charge in [-0.25, -0.2) is 4.79 Å². The number of nitrogens with zero attached hydrogens (tertiary/aromatic N) is 1. The van der Waals surface area contributed by atoms with E-state index < -0.39 is 5.60 Å². The highest BCUT2D eigenvalue weighted by Gasteiger charge is 2.31. The molecule has 0 saturated carbocycles. The number of carbonyl (C=O) groups is 1. The van der Waals surface area contributed by atoms with Gasteiger partial charge in [0.25, 0.3) is 0 Å². The lowest BCUT2D eigenvalue weighted by molar-refractivity contribution is 0.0222. The first kappa shape index (κ1) is 12.3. The van der Waals surface area contributed by atoms with Gasteiger partial charge in [-0.2, -0.15) is 0 Å². The maximum absolute atomic E-state index is 11.8. The Kier molecular flexibility index (Phi) is 3.97. The van der Waals surface area contributed by atoms with Gasteiger partial charge >= 0.3 is 6.09 Å². The Morgan fingerprint density at radius 1 is 1.53 bits per heavy atom. The van der Waals surface area contributed by atoms with Crippen LogP contribution in [-0.4, -0.2) is 35.7 Å². The summed E-state index contributed by atoms with van der Waals surface area (Å²) in [6.45, 7) is 7.10. The highest BCUT2D eigenvalue weighted by atomic mass is 16.6. The zero-order valence-corrected chi connectivity index (χ0v) is 9.95. The van der Waals surface area contributed by atoms with Crippen molar-refractivity contribution < 1.29 is 9.53 Å². The molecule has 0 aromatic heterocycles. The first-order valence-corrected chi connectivity index (χ1v) is 5.64. The molecule has 1 aliphatic heterocycles. The van der Waals surface area contributed by atoms with E-state index in [2.05, 4.69) is 0 Å². The van der Waals surface area contributed by atoms with Gasteiger partial charge in [-0.3, -0.25) is 0 Å². The van der Waals surface area contributed by atoms with Crippen molar-refractivity contribution in [2.24, 2.45) is 5.73 Å². The van der Waals surface area contributed by atoms with Crippen LogP contribution < -0.4 is 5.73 Å². The molecule has 88 valence electrons. The number of carbonyl (C=O) groups excluding carboxylic acids is 1. The Balaban J connectivity index is 2.51. The largest absolute Gasteiger partial charge is 0.444 e. The summed E-state index contributed by atoms with van der Waals surface area (Å²) < 4.78 is 5.34. The Morgan fingerprint density at radius 2 is 2.20 bits per heavy atom. The van der Waals surface area contributed by atoms with Crippen molar-refractivity contribution in [3.8, 4) is 0 Å². The molecule has 1 rings (SSSR count). The SMILES string of the molecule is CC(C)(C)OC(=O)N1CCCC1CCN. The second-order valence-electron chi connectivity index (χ2n) is 5.05. The van der Waals surface area contributed by atoms with E-state index in [1.54, 1.807) is 0 Å². The number of amides is 1. The van der Waals surface area contributed by atoms with Gasteiger partial charge in [0.1, 0.15) is 5.60 Å². The molecular weight excluding hydrogens is 192 g/mol. The predicted octanol–water partition coefficient (Wildman–Crippen LogP) is 1.73. The molecule has 4 nitrogen and oxygen atoms in total. The van der Waals surface area contributed by atoms with E-state index >= 15 is 0 Å². The van der Waals surface area contributed by atoms with Crippen molar-refractivity contribution in [1.29, 1.82) is 0 Å². The van der Waals surface area contributed by atoms with Crippen LogP contribution in [0.3, 0.4) is 0 Å². The Morgan fingerprint density at radius 3 is 2.73 bits per heavy atom. The Hall–Kier alpha value is -0.770. The Bertz CT molecular complexity index is 223. The maximum Gasteiger partial charge on any atom is 0.410 e. The summed E-state index contributed by atoms with van der Waals surface area (Å²) in [5.74, 6) is 0. The van der Waals surface area contributed by atoms with E-state index in [4.69, 9.17) is 10.5 Å². The van der Waals surface area contributed by atoms with Gasteiger partial charge in [0.05, 0.1) is 0 Å². The summed E-state index contributed by atoms with van der Waals surface area (Å²) in [7, 11) is 0. The fraction of sp³-hybridized carbons (Fsp3) is 0.909. The van der Waals surface area contributed by atoms with Crippen LogP contribution in [0.4, 0.5) is 4.79 Å². The van der Waals surface area contributed by atoms with Gasteiger partial charge < -0.3 is 15.4 Å². The third-order valence-electron chi connectivity index (χ3n) is 2.51. The standard InChI is InChI=1S/C11H22N2O2/c1-11(2,3)15-10(14)13-8-4-5-9(13)6-7-12/h9H,4-8,12H2,1-3H3. The molecule has 0 aliphatic carbocycles. The van der Waals surface area contributed by atoms with E-state index in [0.29, 0.717) is 6.54 Å². The van der Waals surface area contributed by atoms with Crippen LogP contribution in [0.1, 0.15) is 40.0 Å².